The van der Waals surface area contributed by atoms with E-state index in [0.717, 1.165) is 0 Å². The summed E-state index contributed by atoms with van der Waals surface area (Å²) >= 11 is 0. The van der Waals surface area contributed by atoms with Gasteiger partial charge in [0, 0.05) is 14.0 Å². The summed E-state index contributed by atoms with van der Waals surface area (Å²) in [5.74, 6) is 0. The topological polar surface area (TPSA) is 12.0 Å². The predicted octanol–water partition coefficient (Wildman–Crippen LogP) is 1.83. The summed E-state index contributed by atoms with van der Waals surface area (Å²) in [6.45, 7) is 13.6. The van der Waals surface area contributed by atoms with Crippen LogP contribution in [0.5, 0.6) is 0 Å². The standard InChI is InChI=1S/C7H19NSi.B/c1-7(2,3)8-9(4,5)6;/h8H,1-6H3;. The van der Waals surface area contributed by atoms with Gasteiger partial charge in [0.15, 0.2) is 0 Å². The molecule has 0 saturated heterocycles. The van der Waals surface area contributed by atoms with Crippen molar-refractivity contribution >= 4 is 16.6 Å². The average Bonchev–Trinajstić information content (AvgIpc) is 1.14. The minimum atomic E-state index is -1.04. The van der Waals surface area contributed by atoms with E-state index in [4.69, 9.17) is 0 Å². The second kappa shape index (κ2) is 3.58. The van der Waals surface area contributed by atoms with Crippen molar-refractivity contribution in [2.45, 2.75) is 46.0 Å². The van der Waals surface area contributed by atoms with Gasteiger partial charge in [0.2, 0.25) is 0 Å². The lowest BCUT2D eigenvalue weighted by Gasteiger charge is -2.30. The van der Waals surface area contributed by atoms with Crippen LogP contribution in [-0.4, -0.2) is 22.2 Å². The Labute approximate surface area is 68.3 Å². The fourth-order valence-corrected chi connectivity index (χ4v) is 3.38. The molecule has 0 bridgehead atoms. The van der Waals surface area contributed by atoms with E-state index in [2.05, 4.69) is 45.4 Å². The summed E-state index contributed by atoms with van der Waals surface area (Å²) < 4.78 is 0. The van der Waals surface area contributed by atoms with Crippen LogP contribution in [-0.2, 0) is 0 Å². The summed E-state index contributed by atoms with van der Waals surface area (Å²) in [6.07, 6.45) is 0. The molecule has 0 atom stereocenters. The molecule has 3 radical (unpaired) electrons. The monoisotopic (exact) mass is 156 g/mol. The molecule has 0 aliphatic rings. The fraction of sp³-hybridized carbons (Fsp3) is 1.00. The van der Waals surface area contributed by atoms with Crippen molar-refractivity contribution in [1.29, 1.82) is 0 Å². The first-order valence-corrected chi connectivity index (χ1v) is 7.00. The Morgan fingerprint density at radius 3 is 1.30 bits per heavy atom. The molecule has 3 heteroatoms. The molecule has 0 aliphatic carbocycles. The lowest BCUT2D eigenvalue weighted by atomic mass is 10.1. The highest BCUT2D eigenvalue weighted by atomic mass is 28.3. The number of hydrogen-bond donors (Lipinski definition) is 1. The molecule has 0 aromatic rings. The van der Waals surface area contributed by atoms with Crippen LogP contribution >= 0.6 is 0 Å². The first-order chi connectivity index (χ1) is 3.71. The van der Waals surface area contributed by atoms with Gasteiger partial charge < -0.3 is 4.98 Å². The molecule has 1 nitrogen and oxygen atoms in total. The van der Waals surface area contributed by atoms with Crippen LogP contribution in [0.25, 0.3) is 0 Å². The van der Waals surface area contributed by atoms with Crippen LogP contribution in [0, 0.1) is 0 Å². The molecule has 0 aromatic carbocycles. The van der Waals surface area contributed by atoms with E-state index >= 15 is 0 Å². The normalized spacial score (nSPS) is 12.6. The van der Waals surface area contributed by atoms with Crippen LogP contribution in [0.2, 0.25) is 19.6 Å². The van der Waals surface area contributed by atoms with E-state index in [1.54, 1.807) is 0 Å². The molecule has 0 rings (SSSR count). The SMILES string of the molecule is CC(C)(C)N[Si](C)(C)C.[B]. The summed E-state index contributed by atoms with van der Waals surface area (Å²) in [5.41, 5.74) is 0.296. The lowest BCUT2D eigenvalue weighted by Crippen LogP contribution is -2.52. The maximum Gasteiger partial charge on any atom is 0.116 e. The van der Waals surface area contributed by atoms with Crippen LogP contribution < -0.4 is 4.98 Å². The molecule has 1 N–H and O–H groups in total. The maximum absolute atomic E-state index is 3.60. The van der Waals surface area contributed by atoms with Gasteiger partial charge in [-0.05, 0) is 20.8 Å². The Balaban J connectivity index is 0. The first-order valence-electron chi connectivity index (χ1n) is 3.50. The van der Waals surface area contributed by atoms with Gasteiger partial charge in [0.1, 0.15) is 8.24 Å². The van der Waals surface area contributed by atoms with Crippen molar-refractivity contribution in [1.82, 2.24) is 4.98 Å². The quantitative estimate of drug-likeness (QED) is 0.571. The molecular formula is C7H19BNSi. The molecule has 0 spiro atoms. The van der Waals surface area contributed by atoms with Crippen LogP contribution in [0.15, 0.2) is 0 Å². The van der Waals surface area contributed by atoms with Gasteiger partial charge in [-0.15, -0.1) is 0 Å². The molecule has 0 unspecified atom stereocenters. The predicted molar refractivity (Wildman–Crippen MR) is 52.0 cm³/mol. The lowest BCUT2D eigenvalue weighted by molar-refractivity contribution is 0.513. The molecule has 0 aliphatic heterocycles. The van der Waals surface area contributed by atoms with E-state index in [0.29, 0.717) is 5.54 Å². The summed E-state index contributed by atoms with van der Waals surface area (Å²) in [4.78, 5) is 3.60. The number of nitrogens with one attached hydrogen (secondary N) is 1. The average molecular weight is 156 g/mol. The van der Waals surface area contributed by atoms with E-state index in [1.807, 2.05) is 0 Å². The third-order valence-electron chi connectivity index (χ3n) is 0.750. The Morgan fingerprint density at radius 2 is 1.30 bits per heavy atom. The van der Waals surface area contributed by atoms with Gasteiger partial charge >= 0.3 is 0 Å². The van der Waals surface area contributed by atoms with Crippen molar-refractivity contribution in [2.24, 2.45) is 0 Å². The highest BCUT2D eigenvalue weighted by molar-refractivity contribution is 6.73. The Kier molecular flexibility index (Phi) is 4.61. The van der Waals surface area contributed by atoms with Crippen molar-refractivity contribution in [3.05, 3.63) is 0 Å². The van der Waals surface area contributed by atoms with E-state index in [9.17, 15) is 0 Å². The van der Waals surface area contributed by atoms with Gasteiger partial charge in [-0.1, -0.05) is 19.6 Å². The molecule has 0 fully saturated rings. The van der Waals surface area contributed by atoms with Crippen molar-refractivity contribution in [2.75, 3.05) is 0 Å². The van der Waals surface area contributed by atoms with Crippen molar-refractivity contribution in [3.8, 4) is 0 Å². The number of rotatable bonds is 1. The van der Waals surface area contributed by atoms with Gasteiger partial charge in [0.05, 0.1) is 0 Å². The largest absolute Gasteiger partial charge is 0.333 e. The zero-order valence-electron chi connectivity index (χ0n) is 8.08. The van der Waals surface area contributed by atoms with Gasteiger partial charge in [-0.2, -0.15) is 0 Å². The molecule has 59 valence electrons. The third-order valence-corrected chi connectivity index (χ3v) is 2.25. The van der Waals surface area contributed by atoms with Crippen molar-refractivity contribution < 1.29 is 0 Å². The molecular weight excluding hydrogens is 137 g/mol. The summed E-state index contributed by atoms with van der Waals surface area (Å²) in [6, 6.07) is 0. The molecule has 0 amide bonds. The minimum Gasteiger partial charge on any atom is -0.333 e. The van der Waals surface area contributed by atoms with Gasteiger partial charge in [-0.3, -0.25) is 0 Å². The van der Waals surface area contributed by atoms with Crippen molar-refractivity contribution in [3.63, 3.8) is 0 Å². The molecule has 0 saturated carbocycles. The first kappa shape index (κ1) is 12.9. The summed E-state index contributed by atoms with van der Waals surface area (Å²) in [7, 11) is -1.04. The zero-order chi connectivity index (χ0) is 7.71. The Hall–Kier alpha value is 0.242. The Morgan fingerprint density at radius 1 is 1.00 bits per heavy atom. The van der Waals surface area contributed by atoms with Crippen LogP contribution in [0.3, 0.4) is 0 Å². The zero-order valence-corrected chi connectivity index (χ0v) is 9.08. The molecule has 10 heavy (non-hydrogen) atoms. The Bertz CT molecular complexity index is 78.8. The second-order valence-electron chi connectivity index (χ2n) is 4.62. The van der Waals surface area contributed by atoms with E-state index in [1.165, 1.54) is 0 Å². The third kappa shape index (κ3) is 11.1. The molecule has 0 heterocycles. The van der Waals surface area contributed by atoms with Gasteiger partial charge in [0.25, 0.3) is 0 Å². The van der Waals surface area contributed by atoms with Crippen LogP contribution in [0.4, 0.5) is 0 Å². The highest BCUT2D eigenvalue weighted by Crippen LogP contribution is 2.05. The van der Waals surface area contributed by atoms with E-state index < -0.39 is 8.24 Å². The highest BCUT2D eigenvalue weighted by Gasteiger charge is 2.20. The minimum absolute atomic E-state index is 0. The van der Waals surface area contributed by atoms with E-state index in [-0.39, 0.29) is 8.41 Å². The summed E-state index contributed by atoms with van der Waals surface area (Å²) in [5, 5.41) is 0. The van der Waals surface area contributed by atoms with Crippen LogP contribution in [0.1, 0.15) is 20.8 Å². The maximum atomic E-state index is 3.60. The number of hydrogen-bond acceptors (Lipinski definition) is 1. The second-order valence-corrected chi connectivity index (χ2v) is 9.38. The molecule has 0 aromatic heterocycles. The smallest absolute Gasteiger partial charge is 0.116 e. The fourth-order valence-electron chi connectivity index (χ4n) is 1.12. The van der Waals surface area contributed by atoms with Gasteiger partial charge in [-0.25, -0.2) is 0 Å².